The molecule has 1 heterocycles. The molecular weight excluding hydrogens is 362 g/mol. The maximum Gasteiger partial charge on any atom is 0.307 e. The molecule has 0 spiro atoms. The van der Waals surface area contributed by atoms with Crippen LogP contribution in [0, 0.1) is 6.92 Å². The normalized spacial score (nSPS) is 11.7. The summed E-state index contributed by atoms with van der Waals surface area (Å²) in [6, 6.07) is 5.75. The van der Waals surface area contributed by atoms with E-state index in [0.717, 1.165) is 17.0 Å². The lowest BCUT2D eigenvalue weighted by Gasteiger charge is -2.10. The smallest absolute Gasteiger partial charge is 0.307 e. The molecule has 25 heavy (non-hydrogen) atoms. The lowest BCUT2D eigenvalue weighted by atomic mass is 10.3. The third-order valence-electron chi connectivity index (χ3n) is 3.38. The van der Waals surface area contributed by atoms with Crippen molar-refractivity contribution in [2.45, 2.75) is 44.7 Å². The van der Waals surface area contributed by atoms with Gasteiger partial charge in [-0.3, -0.25) is 9.59 Å². The maximum absolute atomic E-state index is 12.0. The number of nitrogens with one attached hydrogen (secondary N) is 2. The first-order valence-electron chi connectivity index (χ1n) is 7.76. The second-order valence-electron chi connectivity index (χ2n) is 5.89. The van der Waals surface area contributed by atoms with Gasteiger partial charge in [0.15, 0.2) is 0 Å². The van der Waals surface area contributed by atoms with Crippen molar-refractivity contribution >= 4 is 33.0 Å². The van der Waals surface area contributed by atoms with Crippen LogP contribution in [0.4, 0.5) is 5.69 Å². The van der Waals surface area contributed by atoms with Crippen molar-refractivity contribution in [2.75, 3.05) is 5.32 Å². The molecule has 2 N–H and O–H groups in total. The zero-order chi connectivity index (χ0) is 18.6. The molecule has 0 fully saturated rings. The molecule has 9 heteroatoms. The Morgan fingerprint density at radius 1 is 1.24 bits per heavy atom. The second kappa shape index (κ2) is 7.94. The Hall–Kier alpha value is -1.97. The topological polar surface area (TPSA) is 97.3 Å². The summed E-state index contributed by atoms with van der Waals surface area (Å²) >= 11 is 1.11. The minimum Gasteiger partial charge on any atom is -0.326 e. The number of aromatic nitrogens is 1. The largest absolute Gasteiger partial charge is 0.326 e. The van der Waals surface area contributed by atoms with Gasteiger partial charge in [-0.1, -0.05) is 11.3 Å². The zero-order valence-corrected chi connectivity index (χ0v) is 15.9. The Kier molecular flexibility index (Phi) is 6.15. The van der Waals surface area contributed by atoms with Gasteiger partial charge in [0.2, 0.25) is 15.9 Å². The van der Waals surface area contributed by atoms with Crippen LogP contribution in [0.25, 0.3) is 0 Å². The number of thiazole rings is 1. The molecule has 0 saturated heterocycles. The van der Waals surface area contributed by atoms with E-state index in [-0.39, 0.29) is 28.1 Å². The number of amides is 1. The van der Waals surface area contributed by atoms with Crippen molar-refractivity contribution in [3.63, 3.8) is 0 Å². The van der Waals surface area contributed by atoms with Crippen molar-refractivity contribution in [3.05, 3.63) is 45.0 Å². The third-order valence-corrected chi connectivity index (χ3v) is 5.93. The quantitative estimate of drug-likeness (QED) is 0.763. The fourth-order valence-electron chi connectivity index (χ4n) is 2.21. The average Bonchev–Trinajstić information content (AvgIpc) is 2.83. The monoisotopic (exact) mass is 383 g/mol. The summed E-state index contributed by atoms with van der Waals surface area (Å²) in [5.41, 5.74) is 1.33. The molecule has 0 aliphatic heterocycles. The summed E-state index contributed by atoms with van der Waals surface area (Å²) in [6.07, 6.45) is 0.159. The van der Waals surface area contributed by atoms with Crippen LogP contribution in [0.5, 0.6) is 0 Å². The number of carbonyl (C=O) groups excluding carboxylic acids is 1. The SMILES string of the molecule is Cc1csc(=O)n1CCC(=O)Nc1ccc(S(=O)(=O)NC(C)C)cc1. The van der Waals surface area contributed by atoms with Crippen LogP contribution in [0.3, 0.4) is 0 Å². The van der Waals surface area contributed by atoms with E-state index in [1.807, 2.05) is 6.92 Å². The first-order chi connectivity index (χ1) is 11.7. The molecule has 7 nitrogen and oxygen atoms in total. The number of anilines is 1. The van der Waals surface area contributed by atoms with Crippen LogP contribution in [-0.2, 0) is 21.4 Å². The predicted molar refractivity (Wildman–Crippen MR) is 98.5 cm³/mol. The summed E-state index contributed by atoms with van der Waals surface area (Å²) < 4.78 is 28.1. The van der Waals surface area contributed by atoms with Gasteiger partial charge < -0.3 is 9.88 Å². The minimum atomic E-state index is -3.55. The number of nitrogens with zero attached hydrogens (tertiary/aromatic N) is 1. The Balaban J connectivity index is 1.97. The number of carbonyl (C=O) groups is 1. The lowest BCUT2D eigenvalue weighted by Crippen LogP contribution is -2.30. The van der Waals surface area contributed by atoms with Gasteiger partial charge >= 0.3 is 4.87 Å². The van der Waals surface area contributed by atoms with Gasteiger partial charge in [-0.2, -0.15) is 0 Å². The molecule has 0 saturated carbocycles. The number of hydrogen-bond acceptors (Lipinski definition) is 5. The van der Waals surface area contributed by atoms with Crippen molar-refractivity contribution < 1.29 is 13.2 Å². The van der Waals surface area contributed by atoms with E-state index in [1.54, 1.807) is 23.8 Å². The highest BCUT2D eigenvalue weighted by atomic mass is 32.2. The average molecular weight is 383 g/mol. The van der Waals surface area contributed by atoms with Crippen LogP contribution in [0.1, 0.15) is 26.0 Å². The predicted octanol–water partition coefficient (Wildman–Crippen LogP) is 1.93. The summed E-state index contributed by atoms with van der Waals surface area (Å²) in [7, 11) is -3.55. The van der Waals surface area contributed by atoms with E-state index in [2.05, 4.69) is 10.0 Å². The van der Waals surface area contributed by atoms with Crippen LogP contribution in [0.15, 0.2) is 39.3 Å². The Labute approximate surface area is 150 Å². The molecule has 2 aromatic rings. The highest BCUT2D eigenvalue weighted by molar-refractivity contribution is 7.89. The molecule has 0 radical (unpaired) electrons. The molecule has 0 bridgehead atoms. The van der Waals surface area contributed by atoms with Gasteiger partial charge in [-0.15, -0.1) is 0 Å². The van der Waals surface area contributed by atoms with E-state index in [1.165, 1.54) is 24.3 Å². The number of aryl methyl sites for hydroxylation is 1. The highest BCUT2D eigenvalue weighted by Gasteiger charge is 2.15. The molecule has 0 aliphatic rings. The Morgan fingerprint density at radius 2 is 1.88 bits per heavy atom. The first-order valence-corrected chi connectivity index (χ1v) is 10.1. The summed E-state index contributed by atoms with van der Waals surface area (Å²) in [4.78, 5) is 23.7. The van der Waals surface area contributed by atoms with Crippen LogP contribution < -0.4 is 14.9 Å². The molecule has 2 rings (SSSR count). The molecule has 1 aromatic heterocycles. The molecule has 0 unspecified atom stereocenters. The molecule has 136 valence electrons. The van der Waals surface area contributed by atoms with Crippen LogP contribution in [-0.4, -0.2) is 24.9 Å². The summed E-state index contributed by atoms with van der Waals surface area (Å²) in [5.74, 6) is -0.242. The van der Waals surface area contributed by atoms with E-state index >= 15 is 0 Å². The highest BCUT2D eigenvalue weighted by Crippen LogP contribution is 2.14. The third kappa shape index (κ3) is 5.25. The maximum atomic E-state index is 12.0. The molecule has 0 atom stereocenters. The van der Waals surface area contributed by atoms with Gasteiger partial charge in [0.05, 0.1) is 4.90 Å². The van der Waals surface area contributed by atoms with E-state index < -0.39 is 10.0 Å². The van der Waals surface area contributed by atoms with Crippen molar-refractivity contribution in [3.8, 4) is 0 Å². The minimum absolute atomic E-state index is 0.0856. The molecule has 1 aromatic carbocycles. The fourth-order valence-corrected chi connectivity index (χ4v) is 4.22. The summed E-state index contributed by atoms with van der Waals surface area (Å²) in [5, 5.41) is 4.45. The fraction of sp³-hybridized carbons (Fsp3) is 0.375. The van der Waals surface area contributed by atoms with Gasteiger partial charge in [0.25, 0.3) is 0 Å². The standard InChI is InChI=1S/C16H21N3O4S2/c1-11(2)18-25(22,23)14-6-4-13(5-7-14)17-15(20)8-9-19-12(3)10-24-16(19)21/h4-7,10-11,18H,8-9H2,1-3H3,(H,17,20). The number of hydrogen-bond donors (Lipinski definition) is 2. The number of rotatable bonds is 7. The van der Waals surface area contributed by atoms with E-state index in [0.29, 0.717) is 12.2 Å². The van der Waals surface area contributed by atoms with Crippen LogP contribution in [0.2, 0.25) is 0 Å². The Morgan fingerprint density at radius 3 is 2.40 bits per heavy atom. The van der Waals surface area contributed by atoms with Gasteiger partial charge in [-0.05, 0) is 45.0 Å². The van der Waals surface area contributed by atoms with Gasteiger partial charge in [-0.25, -0.2) is 13.1 Å². The van der Waals surface area contributed by atoms with E-state index in [4.69, 9.17) is 0 Å². The number of sulfonamides is 1. The Bertz CT molecular complexity index is 896. The van der Waals surface area contributed by atoms with Gasteiger partial charge in [0.1, 0.15) is 0 Å². The number of benzene rings is 1. The lowest BCUT2D eigenvalue weighted by molar-refractivity contribution is -0.116. The first kappa shape index (κ1) is 19.4. The van der Waals surface area contributed by atoms with Crippen LogP contribution >= 0.6 is 11.3 Å². The zero-order valence-electron chi connectivity index (χ0n) is 14.3. The second-order valence-corrected chi connectivity index (χ2v) is 8.43. The molecule has 1 amide bonds. The van der Waals surface area contributed by atoms with Crippen molar-refractivity contribution in [1.29, 1.82) is 0 Å². The van der Waals surface area contributed by atoms with Crippen molar-refractivity contribution in [1.82, 2.24) is 9.29 Å². The molecular formula is C16H21N3O4S2. The van der Waals surface area contributed by atoms with E-state index in [9.17, 15) is 18.0 Å². The van der Waals surface area contributed by atoms with Crippen molar-refractivity contribution in [2.24, 2.45) is 0 Å². The van der Waals surface area contributed by atoms with Gasteiger partial charge in [0, 0.05) is 35.8 Å². The molecule has 0 aliphatic carbocycles. The summed E-state index contributed by atoms with van der Waals surface area (Å²) in [6.45, 7) is 5.62.